The quantitative estimate of drug-likeness (QED) is 0.779. The van der Waals surface area contributed by atoms with Gasteiger partial charge in [0.25, 0.3) is 0 Å². The first kappa shape index (κ1) is 12.9. The van der Waals surface area contributed by atoms with Gasteiger partial charge >= 0.3 is 0 Å². The summed E-state index contributed by atoms with van der Waals surface area (Å²) >= 11 is 0. The third-order valence-corrected chi connectivity index (χ3v) is 3.45. The van der Waals surface area contributed by atoms with E-state index < -0.39 is 0 Å². The molecule has 0 spiro atoms. The summed E-state index contributed by atoms with van der Waals surface area (Å²) in [5, 5.41) is 0. The fourth-order valence-electron chi connectivity index (χ4n) is 2.27. The highest BCUT2D eigenvalue weighted by atomic mass is 16.5. The normalized spacial score (nSPS) is 16.2. The minimum atomic E-state index is -0.335. The summed E-state index contributed by atoms with van der Waals surface area (Å²) in [6, 6.07) is 6.02. The van der Waals surface area contributed by atoms with Crippen LogP contribution >= 0.6 is 0 Å². The monoisotopic (exact) mass is 248 g/mol. The van der Waals surface area contributed by atoms with Crippen LogP contribution in [0, 0.1) is 6.92 Å². The Balaban J connectivity index is 2.24. The molecule has 0 aromatic heterocycles. The zero-order valence-electron chi connectivity index (χ0n) is 11.2. The number of carbonyl (C=O) groups excluding carboxylic acids is 1. The summed E-state index contributed by atoms with van der Waals surface area (Å²) in [7, 11) is 1.71. The predicted molar refractivity (Wildman–Crippen MR) is 70.5 cm³/mol. The van der Waals surface area contributed by atoms with Gasteiger partial charge in [0.2, 0.25) is 5.91 Å². The maximum atomic E-state index is 12.0. The molecule has 0 aliphatic heterocycles. The van der Waals surface area contributed by atoms with E-state index in [9.17, 15) is 4.79 Å². The fourth-order valence-corrected chi connectivity index (χ4v) is 2.27. The van der Waals surface area contributed by atoms with Crippen molar-refractivity contribution in [1.29, 1.82) is 0 Å². The Bertz CT molecular complexity index is 453. The molecular weight excluding hydrogens is 228 g/mol. The van der Waals surface area contributed by atoms with Gasteiger partial charge < -0.3 is 4.74 Å². The smallest absolute Gasteiger partial charge is 0.244 e. The predicted octanol–water partition coefficient (Wildman–Crippen LogP) is 1.68. The van der Waals surface area contributed by atoms with Gasteiger partial charge in [-0.05, 0) is 43.9 Å². The van der Waals surface area contributed by atoms with Crippen molar-refractivity contribution in [2.45, 2.75) is 32.1 Å². The van der Waals surface area contributed by atoms with Crippen molar-refractivity contribution < 1.29 is 9.53 Å². The average Bonchev–Trinajstić information content (AvgIpc) is 3.14. The minimum absolute atomic E-state index is 0.0496. The molecule has 1 fully saturated rings. The van der Waals surface area contributed by atoms with Gasteiger partial charge in [-0.25, -0.2) is 5.43 Å². The fraction of sp³-hybridized carbons (Fsp3) is 0.500. The van der Waals surface area contributed by atoms with Gasteiger partial charge in [-0.1, -0.05) is 12.1 Å². The van der Waals surface area contributed by atoms with Crippen LogP contribution in [0.4, 0.5) is 0 Å². The Morgan fingerprint density at radius 1 is 1.44 bits per heavy atom. The van der Waals surface area contributed by atoms with E-state index in [1.165, 1.54) is 0 Å². The molecular formula is C14H20N2O2. The third kappa shape index (κ3) is 2.20. The molecule has 0 bridgehead atoms. The van der Waals surface area contributed by atoms with Gasteiger partial charge in [-0.2, -0.15) is 0 Å². The standard InChI is InChI=1S/C14H20N2O2/c1-4-18-12-6-5-11(9-10(12)2)14(7-8-14)13(17)16-15-3/h5-6,9,15H,4,7-8H2,1-3H3,(H,16,17). The first-order chi connectivity index (χ1) is 8.64. The molecule has 1 aliphatic carbocycles. The van der Waals surface area contributed by atoms with Crippen molar-refractivity contribution in [2.24, 2.45) is 0 Å². The largest absolute Gasteiger partial charge is 0.494 e. The van der Waals surface area contributed by atoms with Crippen LogP contribution in [0.5, 0.6) is 5.75 Å². The highest BCUT2D eigenvalue weighted by molar-refractivity contribution is 5.91. The minimum Gasteiger partial charge on any atom is -0.494 e. The highest BCUT2D eigenvalue weighted by Crippen LogP contribution is 2.49. The molecule has 18 heavy (non-hydrogen) atoms. The van der Waals surface area contributed by atoms with Crippen molar-refractivity contribution in [2.75, 3.05) is 13.7 Å². The molecule has 0 atom stereocenters. The highest BCUT2D eigenvalue weighted by Gasteiger charge is 2.51. The van der Waals surface area contributed by atoms with Crippen LogP contribution in [-0.4, -0.2) is 19.6 Å². The summed E-state index contributed by atoms with van der Waals surface area (Å²) in [6.45, 7) is 4.64. The molecule has 4 heteroatoms. The lowest BCUT2D eigenvalue weighted by molar-refractivity contribution is -0.124. The molecule has 0 unspecified atom stereocenters. The molecule has 0 saturated heterocycles. The SMILES string of the molecule is CCOc1ccc(C2(C(=O)NNC)CC2)cc1C. The number of ether oxygens (including phenoxy) is 1. The number of rotatable bonds is 5. The van der Waals surface area contributed by atoms with Crippen molar-refractivity contribution >= 4 is 5.91 Å². The van der Waals surface area contributed by atoms with Gasteiger partial charge in [0.15, 0.2) is 0 Å². The van der Waals surface area contributed by atoms with Crippen molar-refractivity contribution in [3.8, 4) is 5.75 Å². The van der Waals surface area contributed by atoms with Crippen LogP contribution < -0.4 is 15.6 Å². The topological polar surface area (TPSA) is 50.4 Å². The Morgan fingerprint density at radius 2 is 2.17 bits per heavy atom. The van der Waals surface area contributed by atoms with E-state index in [0.29, 0.717) is 6.61 Å². The van der Waals surface area contributed by atoms with E-state index in [1.807, 2.05) is 26.0 Å². The van der Waals surface area contributed by atoms with Gasteiger partial charge in [-0.3, -0.25) is 10.2 Å². The Hall–Kier alpha value is -1.55. The molecule has 2 N–H and O–H groups in total. The molecule has 98 valence electrons. The Kier molecular flexibility index (Phi) is 3.57. The summed E-state index contributed by atoms with van der Waals surface area (Å²) in [4.78, 5) is 12.0. The van der Waals surface area contributed by atoms with Crippen molar-refractivity contribution in [3.05, 3.63) is 29.3 Å². The molecule has 1 aromatic rings. The summed E-state index contributed by atoms with van der Waals surface area (Å²) < 4.78 is 5.52. The van der Waals surface area contributed by atoms with E-state index >= 15 is 0 Å². The van der Waals surface area contributed by atoms with E-state index in [2.05, 4.69) is 16.9 Å². The average molecular weight is 248 g/mol. The number of hydrazine groups is 1. The summed E-state index contributed by atoms with van der Waals surface area (Å²) in [5.74, 6) is 0.944. The first-order valence-corrected chi connectivity index (χ1v) is 6.35. The molecule has 0 heterocycles. The van der Waals surface area contributed by atoms with Gasteiger partial charge in [0.05, 0.1) is 12.0 Å². The van der Waals surface area contributed by atoms with Gasteiger partial charge in [0.1, 0.15) is 5.75 Å². The first-order valence-electron chi connectivity index (χ1n) is 6.35. The second-order valence-electron chi connectivity index (χ2n) is 4.70. The number of amides is 1. The van der Waals surface area contributed by atoms with Crippen LogP contribution in [-0.2, 0) is 10.2 Å². The van der Waals surface area contributed by atoms with E-state index in [1.54, 1.807) is 7.05 Å². The van der Waals surface area contributed by atoms with Crippen LogP contribution in [0.25, 0.3) is 0 Å². The lowest BCUT2D eigenvalue weighted by Gasteiger charge is -2.17. The zero-order chi connectivity index (χ0) is 13.2. The second kappa shape index (κ2) is 4.98. The number of hydrogen-bond donors (Lipinski definition) is 2. The van der Waals surface area contributed by atoms with Crippen LogP contribution in [0.2, 0.25) is 0 Å². The maximum Gasteiger partial charge on any atom is 0.244 e. The second-order valence-corrected chi connectivity index (χ2v) is 4.70. The summed E-state index contributed by atoms with van der Waals surface area (Å²) in [6.07, 6.45) is 1.82. The molecule has 2 rings (SSSR count). The Labute approximate surface area is 108 Å². The lowest BCUT2D eigenvalue weighted by atomic mass is 9.93. The van der Waals surface area contributed by atoms with Gasteiger partial charge in [0, 0.05) is 7.05 Å². The number of nitrogens with one attached hydrogen (secondary N) is 2. The molecule has 1 aliphatic rings. The van der Waals surface area contributed by atoms with Crippen LogP contribution in [0.3, 0.4) is 0 Å². The van der Waals surface area contributed by atoms with Crippen molar-refractivity contribution in [1.82, 2.24) is 10.9 Å². The molecule has 1 amide bonds. The summed E-state index contributed by atoms with van der Waals surface area (Å²) in [5.41, 5.74) is 7.22. The number of benzene rings is 1. The van der Waals surface area contributed by atoms with Crippen LogP contribution in [0.15, 0.2) is 18.2 Å². The molecule has 1 saturated carbocycles. The molecule has 1 aromatic carbocycles. The zero-order valence-corrected chi connectivity index (χ0v) is 11.2. The number of carbonyl (C=O) groups is 1. The number of aryl methyl sites for hydroxylation is 1. The number of hydrogen-bond acceptors (Lipinski definition) is 3. The molecule has 0 radical (unpaired) electrons. The molecule has 4 nitrogen and oxygen atoms in total. The van der Waals surface area contributed by atoms with Crippen molar-refractivity contribution in [3.63, 3.8) is 0 Å². The van der Waals surface area contributed by atoms with Crippen LogP contribution in [0.1, 0.15) is 30.9 Å². The van der Waals surface area contributed by atoms with E-state index in [4.69, 9.17) is 4.74 Å². The van der Waals surface area contributed by atoms with Gasteiger partial charge in [-0.15, -0.1) is 0 Å². The van der Waals surface area contributed by atoms with E-state index in [0.717, 1.165) is 29.7 Å². The van der Waals surface area contributed by atoms with E-state index in [-0.39, 0.29) is 11.3 Å². The lowest BCUT2D eigenvalue weighted by Crippen LogP contribution is -2.41. The maximum absolute atomic E-state index is 12.0. The Morgan fingerprint density at radius 3 is 2.67 bits per heavy atom. The third-order valence-electron chi connectivity index (χ3n) is 3.45.